The maximum Gasteiger partial charge on any atom is 0.276 e. The van der Waals surface area contributed by atoms with Crippen molar-refractivity contribution >= 4 is 10.0 Å². The lowest BCUT2D eigenvalue weighted by atomic mass is 10.4. The SMILES string of the molecule is Cc1ccc(S(=O)(=O)N2CCN(C)CC2)o1. The van der Waals surface area contributed by atoms with Gasteiger partial charge in [0.15, 0.2) is 0 Å². The van der Waals surface area contributed by atoms with Gasteiger partial charge in [0.05, 0.1) is 0 Å². The van der Waals surface area contributed by atoms with Crippen LogP contribution in [0.25, 0.3) is 0 Å². The topological polar surface area (TPSA) is 53.8 Å². The Bertz CT molecular complexity index is 458. The standard InChI is InChI=1S/C10H16N2O3S/c1-9-3-4-10(15-9)16(13,14)12-7-5-11(2)6-8-12/h3-4H,5-8H2,1-2H3. The Morgan fingerprint density at radius 3 is 2.31 bits per heavy atom. The summed E-state index contributed by atoms with van der Waals surface area (Å²) < 4.78 is 30.9. The van der Waals surface area contributed by atoms with Gasteiger partial charge in [0.1, 0.15) is 5.76 Å². The Kier molecular flexibility index (Phi) is 3.05. The largest absolute Gasteiger partial charge is 0.449 e. The molecule has 0 spiro atoms. The smallest absolute Gasteiger partial charge is 0.276 e. The summed E-state index contributed by atoms with van der Waals surface area (Å²) in [6, 6.07) is 3.19. The molecule has 90 valence electrons. The Morgan fingerprint density at radius 1 is 1.19 bits per heavy atom. The zero-order chi connectivity index (χ0) is 11.8. The van der Waals surface area contributed by atoms with E-state index in [4.69, 9.17) is 4.42 Å². The highest BCUT2D eigenvalue weighted by Gasteiger charge is 2.29. The van der Waals surface area contributed by atoms with Crippen molar-refractivity contribution in [2.45, 2.75) is 12.0 Å². The summed E-state index contributed by atoms with van der Waals surface area (Å²) in [4.78, 5) is 2.11. The Labute approximate surface area is 95.7 Å². The van der Waals surface area contributed by atoms with Crippen LogP contribution < -0.4 is 0 Å². The molecule has 0 aliphatic carbocycles. The number of likely N-dealkylation sites (N-methyl/N-ethyl adjacent to an activating group) is 1. The van der Waals surface area contributed by atoms with Crippen molar-refractivity contribution in [2.24, 2.45) is 0 Å². The van der Waals surface area contributed by atoms with Crippen molar-refractivity contribution in [1.29, 1.82) is 0 Å². The molecule has 0 saturated carbocycles. The molecule has 0 atom stereocenters. The molecule has 0 N–H and O–H groups in total. The van der Waals surface area contributed by atoms with E-state index in [2.05, 4.69) is 4.90 Å². The van der Waals surface area contributed by atoms with Gasteiger partial charge < -0.3 is 9.32 Å². The molecule has 0 radical (unpaired) electrons. The summed E-state index contributed by atoms with van der Waals surface area (Å²) in [7, 11) is -1.44. The molecule has 1 aromatic rings. The molecule has 6 heteroatoms. The van der Waals surface area contributed by atoms with Gasteiger partial charge in [0.25, 0.3) is 10.0 Å². The van der Waals surface area contributed by atoms with E-state index in [9.17, 15) is 8.42 Å². The highest BCUT2D eigenvalue weighted by Crippen LogP contribution is 2.19. The predicted octanol–water partition coefficient (Wildman–Crippen LogP) is 0.524. The third kappa shape index (κ3) is 2.14. The lowest BCUT2D eigenvalue weighted by Gasteiger charge is -2.30. The van der Waals surface area contributed by atoms with Gasteiger partial charge in [0.2, 0.25) is 5.09 Å². The first kappa shape index (κ1) is 11.6. The van der Waals surface area contributed by atoms with Gasteiger partial charge in [-0.2, -0.15) is 4.31 Å². The number of rotatable bonds is 2. The van der Waals surface area contributed by atoms with Crippen LogP contribution >= 0.6 is 0 Å². The first-order chi connectivity index (χ1) is 7.50. The molecule has 1 aromatic heterocycles. The monoisotopic (exact) mass is 244 g/mol. The highest BCUT2D eigenvalue weighted by molar-refractivity contribution is 7.89. The van der Waals surface area contributed by atoms with Gasteiger partial charge in [-0.25, -0.2) is 8.42 Å². The molecule has 1 aliphatic heterocycles. The van der Waals surface area contributed by atoms with E-state index >= 15 is 0 Å². The molecule has 16 heavy (non-hydrogen) atoms. The van der Waals surface area contributed by atoms with Gasteiger partial charge in [-0.05, 0) is 26.1 Å². The molecule has 0 amide bonds. The third-order valence-corrected chi connectivity index (χ3v) is 4.54. The third-order valence-electron chi connectivity index (χ3n) is 2.77. The van der Waals surface area contributed by atoms with Crippen LogP contribution in [0.5, 0.6) is 0 Å². The average Bonchev–Trinajstić information content (AvgIpc) is 2.66. The molecule has 2 rings (SSSR count). The summed E-state index contributed by atoms with van der Waals surface area (Å²) in [5.41, 5.74) is 0. The molecule has 2 heterocycles. The second-order valence-corrected chi connectivity index (χ2v) is 5.94. The van der Waals surface area contributed by atoms with Crippen molar-refractivity contribution in [3.63, 3.8) is 0 Å². The van der Waals surface area contributed by atoms with Crippen molar-refractivity contribution in [3.8, 4) is 0 Å². The van der Waals surface area contributed by atoms with E-state index in [0.29, 0.717) is 18.8 Å². The molecule has 1 fully saturated rings. The normalized spacial score (nSPS) is 20.1. The van der Waals surface area contributed by atoms with Crippen LogP contribution in [0, 0.1) is 6.92 Å². The van der Waals surface area contributed by atoms with Gasteiger partial charge >= 0.3 is 0 Å². The summed E-state index contributed by atoms with van der Waals surface area (Å²) >= 11 is 0. The molecular formula is C10H16N2O3S. The zero-order valence-electron chi connectivity index (χ0n) is 9.51. The maximum atomic E-state index is 12.1. The Balaban J connectivity index is 2.20. The minimum atomic E-state index is -3.42. The minimum absolute atomic E-state index is 0.0505. The summed E-state index contributed by atoms with van der Waals surface area (Å²) in [5.74, 6) is 0.618. The second-order valence-electron chi connectivity index (χ2n) is 4.07. The molecular weight excluding hydrogens is 228 g/mol. The van der Waals surface area contributed by atoms with E-state index in [1.807, 2.05) is 7.05 Å². The van der Waals surface area contributed by atoms with Gasteiger partial charge in [0, 0.05) is 26.2 Å². The van der Waals surface area contributed by atoms with Crippen LogP contribution in [-0.4, -0.2) is 50.8 Å². The molecule has 1 aliphatic rings. The Hall–Kier alpha value is -0.850. The van der Waals surface area contributed by atoms with E-state index in [1.165, 1.54) is 10.4 Å². The Morgan fingerprint density at radius 2 is 1.81 bits per heavy atom. The number of hydrogen-bond donors (Lipinski definition) is 0. The lowest BCUT2D eigenvalue weighted by molar-refractivity contribution is 0.219. The molecule has 1 saturated heterocycles. The molecule has 5 nitrogen and oxygen atoms in total. The summed E-state index contributed by atoms with van der Waals surface area (Å²) in [5, 5.41) is 0.0505. The molecule has 0 bridgehead atoms. The van der Waals surface area contributed by atoms with Crippen LogP contribution in [0.4, 0.5) is 0 Å². The fourth-order valence-corrected chi connectivity index (χ4v) is 3.08. The quantitative estimate of drug-likeness (QED) is 0.761. The van der Waals surface area contributed by atoms with Crippen molar-refractivity contribution in [1.82, 2.24) is 9.21 Å². The summed E-state index contributed by atoms with van der Waals surface area (Å²) in [6.07, 6.45) is 0. The number of nitrogens with zero attached hydrogens (tertiary/aromatic N) is 2. The van der Waals surface area contributed by atoms with Gasteiger partial charge in [-0.3, -0.25) is 0 Å². The highest BCUT2D eigenvalue weighted by atomic mass is 32.2. The zero-order valence-corrected chi connectivity index (χ0v) is 10.3. The fraction of sp³-hybridized carbons (Fsp3) is 0.600. The van der Waals surface area contributed by atoms with Crippen molar-refractivity contribution in [3.05, 3.63) is 17.9 Å². The minimum Gasteiger partial charge on any atom is -0.449 e. The van der Waals surface area contributed by atoms with Gasteiger partial charge in [-0.15, -0.1) is 0 Å². The van der Waals surface area contributed by atoms with E-state index in [0.717, 1.165) is 13.1 Å². The van der Waals surface area contributed by atoms with Gasteiger partial charge in [-0.1, -0.05) is 0 Å². The van der Waals surface area contributed by atoms with Crippen molar-refractivity contribution in [2.75, 3.05) is 33.2 Å². The maximum absolute atomic E-state index is 12.1. The first-order valence-electron chi connectivity index (χ1n) is 5.25. The van der Waals surface area contributed by atoms with Crippen LogP contribution in [0.2, 0.25) is 0 Å². The van der Waals surface area contributed by atoms with E-state index in [-0.39, 0.29) is 5.09 Å². The predicted molar refractivity (Wildman–Crippen MR) is 59.7 cm³/mol. The summed E-state index contributed by atoms with van der Waals surface area (Å²) in [6.45, 7) is 4.32. The van der Waals surface area contributed by atoms with Crippen molar-refractivity contribution < 1.29 is 12.8 Å². The number of hydrogen-bond acceptors (Lipinski definition) is 4. The van der Waals surface area contributed by atoms with E-state index < -0.39 is 10.0 Å². The fourth-order valence-electron chi connectivity index (χ4n) is 1.71. The number of aryl methyl sites for hydroxylation is 1. The average molecular weight is 244 g/mol. The van der Waals surface area contributed by atoms with Crippen LogP contribution in [-0.2, 0) is 10.0 Å². The number of furan rings is 1. The number of sulfonamides is 1. The second kappa shape index (κ2) is 4.20. The molecule has 0 unspecified atom stereocenters. The van der Waals surface area contributed by atoms with Crippen LogP contribution in [0.3, 0.4) is 0 Å². The first-order valence-corrected chi connectivity index (χ1v) is 6.69. The number of piperazine rings is 1. The van der Waals surface area contributed by atoms with Crippen LogP contribution in [0.15, 0.2) is 21.6 Å². The van der Waals surface area contributed by atoms with E-state index in [1.54, 1.807) is 13.0 Å². The molecule has 0 aromatic carbocycles. The lowest BCUT2D eigenvalue weighted by Crippen LogP contribution is -2.46. The van der Waals surface area contributed by atoms with Crippen LogP contribution in [0.1, 0.15) is 5.76 Å².